The van der Waals surface area contributed by atoms with Crippen LogP contribution in [0.1, 0.15) is 38.2 Å². The second-order valence-corrected chi connectivity index (χ2v) is 6.02. The monoisotopic (exact) mass is 321 g/mol. The van der Waals surface area contributed by atoms with Crippen molar-refractivity contribution >= 4 is 5.97 Å². The molecule has 0 atom stereocenters. The molecule has 1 saturated carbocycles. The molecule has 2 fully saturated rings. The molecule has 6 heteroatoms. The highest BCUT2D eigenvalue weighted by molar-refractivity contribution is 5.83. The van der Waals surface area contributed by atoms with Gasteiger partial charge in [0.1, 0.15) is 5.75 Å². The fourth-order valence-electron chi connectivity index (χ4n) is 3.52. The van der Waals surface area contributed by atoms with E-state index in [0.717, 1.165) is 5.56 Å². The maximum atomic E-state index is 12.8. The first kappa shape index (κ1) is 16.2. The molecule has 1 aliphatic heterocycles. The van der Waals surface area contributed by atoms with Gasteiger partial charge >= 0.3 is 5.97 Å². The van der Waals surface area contributed by atoms with E-state index in [2.05, 4.69) is 4.98 Å². The molecule has 1 aromatic heterocycles. The van der Waals surface area contributed by atoms with Gasteiger partial charge in [0.15, 0.2) is 5.79 Å². The van der Waals surface area contributed by atoms with Crippen LogP contribution in [0.25, 0.3) is 0 Å². The summed E-state index contributed by atoms with van der Waals surface area (Å²) in [7, 11) is 1.59. The third kappa shape index (κ3) is 2.93. The van der Waals surface area contributed by atoms with Crippen molar-refractivity contribution in [1.82, 2.24) is 4.98 Å². The van der Waals surface area contributed by atoms with E-state index in [-0.39, 0.29) is 5.97 Å². The van der Waals surface area contributed by atoms with Gasteiger partial charge in [-0.1, -0.05) is 0 Å². The van der Waals surface area contributed by atoms with Crippen LogP contribution in [-0.2, 0) is 24.4 Å². The molecule has 0 amide bonds. The van der Waals surface area contributed by atoms with E-state index >= 15 is 0 Å². The minimum Gasteiger partial charge on any atom is -0.495 e. The van der Waals surface area contributed by atoms with Gasteiger partial charge in [0.2, 0.25) is 0 Å². The summed E-state index contributed by atoms with van der Waals surface area (Å²) < 4.78 is 22.2. The van der Waals surface area contributed by atoms with Crippen LogP contribution in [0, 0.1) is 0 Å². The number of hydrogen-bond donors (Lipinski definition) is 0. The van der Waals surface area contributed by atoms with Crippen molar-refractivity contribution in [2.24, 2.45) is 0 Å². The third-order valence-electron chi connectivity index (χ3n) is 4.85. The quantitative estimate of drug-likeness (QED) is 0.792. The molecule has 23 heavy (non-hydrogen) atoms. The second-order valence-electron chi connectivity index (χ2n) is 6.02. The number of nitrogens with zero attached hydrogens (tertiary/aromatic N) is 1. The summed E-state index contributed by atoms with van der Waals surface area (Å²) in [6, 6.07) is 1.87. The fraction of sp³-hybridized carbons (Fsp3) is 0.647. The van der Waals surface area contributed by atoms with Gasteiger partial charge in [-0.25, -0.2) is 0 Å². The SMILES string of the molecule is CCOC(=O)C1(c2cncc(OC)c2)CCC2(CC1)OCCO2. The van der Waals surface area contributed by atoms with Crippen LogP contribution >= 0.6 is 0 Å². The van der Waals surface area contributed by atoms with E-state index in [4.69, 9.17) is 18.9 Å². The van der Waals surface area contributed by atoms with Crippen molar-refractivity contribution in [3.8, 4) is 5.75 Å². The molecule has 0 radical (unpaired) electrons. The first-order valence-corrected chi connectivity index (χ1v) is 8.09. The molecule has 1 aromatic rings. The third-order valence-corrected chi connectivity index (χ3v) is 4.85. The number of methoxy groups -OCH3 is 1. The summed E-state index contributed by atoms with van der Waals surface area (Å²) in [6.07, 6.45) is 5.93. The first-order valence-electron chi connectivity index (χ1n) is 8.09. The highest BCUT2D eigenvalue weighted by Gasteiger charge is 2.51. The van der Waals surface area contributed by atoms with Crippen molar-refractivity contribution < 1.29 is 23.7 Å². The summed E-state index contributed by atoms with van der Waals surface area (Å²) >= 11 is 0. The Morgan fingerprint density at radius 2 is 1.91 bits per heavy atom. The molecule has 0 aromatic carbocycles. The summed E-state index contributed by atoms with van der Waals surface area (Å²) in [5.41, 5.74) is 0.126. The number of esters is 1. The highest BCUT2D eigenvalue weighted by atomic mass is 16.7. The molecule has 2 heterocycles. The average Bonchev–Trinajstić information content (AvgIpc) is 3.04. The predicted octanol–water partition coefficient (Wildman–Crippen LogP) is 2.21. The van der Waals surface area contributed by atoms with Crippen molar-refractivity contribution in [2.45, 2.75) is 43.8 Å². The molecule has 3 rings (SSSR count). The molecule has 6 nitrogen and oxygen atoms in total. The molecular formula is C17H23NO5. The van der Waals surface area contributed by atoms with E-state index in [1.165, 1.54) is 0 Å². The zero-order valence-electron chi connectivity index (χ0n) is 13.7. The lowest BCUT2D eigenvalue weighted by molar-refractivity contribution is -0.191. The van der Waals surface area contributed by atoms with Crippen molar-refractivity contribution in [1.29, 1.82) is 0 Å². The normalized spacial score (nSPS) is 22.0. The maximum absolute atomic E-state index is 12.8. The molecule has 2 aliphatic rings. The number of pyridine rings is 1. The van der Waals surface area contributed by atoms with Gasteiger partial charge < -0.3 is 18.9 Å². The predicted molar refractivity (Wildman–Crippen MR) is 82.2 cm³/mol. The molecule has 1 aliphatic carbocycles. The van der Waals surface area contributed by atoms with E-state index < -0.39 is 11.2 Å². The Morgan fingerprint density at radius 3 is 2.52 bits per heavy atom. The van der Waals surface area contributed by atoms with Crippen LogP contribution < -0.4 is 4.74 Å². The lowest BCUT2D eigenvalue weighted by atomic mass is 9.68. The largest absolute Gasteiger partial charge is 0.495 e. The lowest BCUT2D eigenvalue weighted by Crippen LogP contribution is -2.47. The van der Waals surface area contributed by atoms with Gasteiger partial charge in [-0.05, 0) is 31.4 Å². The zero-order valence-corrected chi connectivity index (χ0v) is 13.7. The second kappa shape index (κ2) is 6.45. The molecule has 0 bridgehead atoms. The van der Waals surface area contributed by atoms with Gasteiger partial charge in [0.25, 0.3) is 0 Å². The number of rotatable bonds is 4. The molecule has 1 saturated heterocycles. The maximum Gasteiger partial charge on any atom is 0.316 e. The van der Waals surface area contributed by atoms with Gasteiger partial charge in [-0.2, -0.15) is 0 Å². The summed E-state index contributed by atoms with van der Waals surface area (Å²) in [5, 5.41) is 0. The molecule has 0 unspecified atom stereocenters. The number of ether oxygens (including phenoxy) is 4. The zero-order chi connectivity index (χ0) is 16.3. The van der Waals surface area contributed by atoms with Crippen molar-refractivity contribution in [3.05, 3.63) is 24.0 Å². The summed E-state index contributed by atoms with van der Waals surface area (Å²) in [5.74, 6) is -0.0924. The number of hydrogen-bond acceptors (Lipinski definition) is 6. The van der Waals surface area contributed by atoms with E-state index in [1.807, 2.05) is 13.0 Å². The van der Waals surface area contributed by atoms with E-state index in [1.54, 1.807) is 19.5 Å². The van der Waals surface area contributed by atoms with Crippen molar-refractivity contribution in [3.63, 3.8) is 0 Å². The average molecular weight is 321 g/mol. The Labute approximate surface area is 136 Å². The topological polar surface area (TPSA) is 66.9 Å². The minimum atomic E-state index is -0.710. The Hall–Kier alpha value is -1.66. The Balaban J connectivity index is 1.91. The van der Waals surface area contributed by atoms with Gasteiger partial charge in [0, 0.05) is 19.0 Å². The summed E-state index contributed by atoms with van der Waals surface area (Å²) in [4.78, 5) is 17.0. The Kier molecular flexibility index (Phi) is 4.55. The van der Waals surface area contributed by atoms with E-state index in [9.17, 15) is 4.79 Å². The van der Waals surface area contributed by atoms with Crippen LogP contribution in [0.4, 0.5) is 0 Å². The lowest BCUT2D eigenvalue weighted by Gasteiger charge is -2.42. The first-order chi connectivity index (χ1) is 11.1. The van der Waals surface area contributed by atoms with Gasteiger partial charge in [-0.15, -0.1) is 0 Å². The number of carbonyl (C=O) groups is 1. The van der Waals surface area contributed by atoms with Crippen LogP contribution in [0.3, 0.4) is 0 Å². The van der Waals surface area contributed by atoms with Crippen LogP contribution in [-0.4, -0.2) is 43.7 Å². The minimum absolute atomic E-state index is 0.206. The smallest absolute Gasteiger partial charge is 0.316 e. The molecule has 0 N–H and O–H groups in total. The van der Waals surface area contributed by atoms with Gasteiger partial charge in [-0.3, -0.25) is 9.78 Å². The Morgan fingerprint density at radius 1 is 1.22 bits per heavy atom. The molecule has 126 valence electrons. The standard InChI is InChI=1S/C17H23NO5/c1-3-21-15(19)16(13-10-14(20-2)12-18-11-13)4-6-17(7-5-16)22-8-9-23-17/h10-12H,3-9H2,1-2H3. The fourth-order valence-corrected chi connectivity index (χ4v) is 3.52. The van der Waals surface area contributed by atoms with Crippen molar-refractivity contribution in [2.75, 3.05) is 26.9 Å². The van der Waals surface area contributed by atoms with E-state index in [0.29, 0.717) is 51.3 Å². The number of carbonyl (C=O) groups excluding carboxylic acids is 1. The summed E-state index contributed by atoms with van der Waals surface area (Å²) in [6.45, 7) is 3.42. The Bertz CT molecular complexity index is 558. The van der Waals surface area contributed by atoms with Crippen LogP contribution in [0.2, 0.25) is 0 Å². The number of aromatic nitrogens is 1. The molecule has 1 spiro atoms. The van der Waals surface area contributed by atoms with Crippen LogP contribution in [0.15, 0.2) is 18.5 Å². The van der Waals surface area contributed by atoms with Gasteiger partial charge in [0.05, 0.1) is 38.5 Å². The highest BCUT2D eigenvalue weighted by Crippen LogP contribution is 2.47. The molecular weight excluding hydrogens is 298 g/mol. The van der Waals surface area contributed by atoms with Crippen LogP contribution in [0.5, 0.6) is 5.75 Å².